The zero-order valence-electron chi connectivity index (χ0n) is 13.6. The molecule has 0 amide bonds. The van der Waals surface area contributed by atoms with E-state index in [-0.39, 0.29) is 18.7 Å². The van der Waals surface area contributed by atoms with Crippen molar-refractivity contribution in [2.75, 3.05) is 27.3 Å². The molecule has 0 spiro atoms. The van der Waals surface area contributed by atoms with Crippen molar-refractivity contribution in [1.82, 2.24) is 4.90 Å². The highest BCUT2D eigenvalue weighted by Gasteiger charge is 2.23. The highest BCUT2D eigenvalue weighted by molar-refractivity contribution is 5.31. The van der Waals surface area contributed by atoms with Crippen LogP contribution in [0.25, 0.3) is 0 Å². The molecular formula is C17H30N2O2. The number of aliphatic hydroxyl groups is 1. The van der Waals surface area contributed by atoms with E-state index < -0.39 is 0 Å². The maximum atomic E-state index is 8.86. The van der Waals surface area contributed by atoms with E-state index in [1.165, 1.54) is 5.56 Å². The molecular weight excluding hydrogens is 264 g/mol. The Morgan fingerprint density at radius 3 is 2.67 bits per heavy atom. The lowest BCUT2D eigenvalue weighted by molar-refractivity contribution is 0.202. The predicted molar refractivity (Wildman–Crippen MR) is 87.6 cm³/mol. The fraction of sp³-hybridized carbons (Fsp3) is 0.647. The molecule has 21 heavy (non-hydrogen) atoms. The fourth-order valence-corrected chi connectivity index (χ4v) is 2.67. The Bertz CT molecular complexity index is 398. The number of hydrogen-bond donors (Lipinski definition) is 2. The third kappa shape index (κ3) is 5.65. The van der Waals surface area contributed by atoms with E-state index in [9.17, 15) is 0 Å². The Labute approximate surface area is 128 Å². The van der Waals surface area contributed by atoms with Crippen molar-refractivity contribution < 1.29 is 9.84 Å². The van der Waals surface area contributed by atoms with Gasteiger partial charge in [0.15, 0.2) is 0 Å². The van der Waals surface area contributed by atoms with Gasteiger partial charge < -0.3 is 15.6 Å². The molecule has 1 rings (SSSR count). The van der Waals surface area contributed by atoms with Gasteiger partial charge in [-0.2, -0.15) is 0 Å². The van der Waals surface area contributed by atoms with Crippen molar-refractivity contribution in [2.24, 2.45) is 5.73 Å². The molecule has 0 saturated heterocycles. The summed E-state index contributed by atoms with van der Waals surface area (Å²) in [6.45, 7) is 3.38. The molecule has 0 aromatic heterocycles. The van der Waals surface area contributed by atoms with E-state index in [0.29, 0.717) is 0 Å². The van der Waals surface area contributed by atoms with Crippen LogP contribution in [0.5, 0.6) is 5.75 Å². The smallest absolute Gasteiger partial charge is 0.119 e. The lowest BCUT2D eigenvalue weighted by Crippen LogP contribution is -2.39. The van der Waals surface area contributed by atoms with Crippen molar-refractivity contribution in [1.29, 1.82) is 0 Å². The Hall–Kier alpha value is -1.10. The maximum Gasteiger partial charge on any atom is 0.119 e. The van der Waals surface area contributed by atoms with Crippen molar-refractivity contribution in [3.63, 3.8) is 0 Å². The third-order valence-corrected chi connectivity index (χ3v) is 3.96. The number of aliphatic hydroxyl groups excluding tert-OH is 1. The number of hydrogen-bond acceptors (Lipinski definition) is 4. The van der Waals surface area contributed by atoms with E-state index >= 15 is 0 Å². The normalized spacial score (nSPS) is 14.2. The molecule has 1 aromatic rings. The highest BCUT2D eigenvalue weighted by Crippen LogP contribution is 2.27. The summed E-state index contributed by atoms with van der Waals surface area (Å²) in [6.07, 6.45) is 3.93. The first-order valence-electron chi connectivity index (χ1n) is 7.84. The number of unbranched alkanes of at least 4 members (excludes halogenated alkanes) is 2. The Morgan fingerprint density at radius 1 is 1.29 bits per heavy atom. The van der Waals surface area contributed by atoms with Gasteiger partial charge in [0, 0.05) is 18.7 Å². The van der Waals surface area contributed by atoms with Crippen LogP contribution in [0.1, 0.15) is 44.2 Å². The summed E-state index contributed by atoms with van der Waals surface area (Å²) >= 11 is 0. The third-order valence-electron chi connectivity index (χ3n) is 3.96. The van der Waals surface area contributed by atoms with E-state index in [1.807, 2.05) is 12.1 Å². The van der Waals surface area contributed by atoms with Gasteiger partial charge >= 0.3 is 0 Å². The molecule has 2 unspecified atom stereocenters. The van der Waals surface area contributed by atoms with Crippen LogP contribution in [0.2, 0.25) is 0 Å². The van der Waals surface area contributed by atoms with E-state index in [2.05, 4.69) is 31.0 Å². The molecule has 0 aliphatic heterocycles. The Morgan fingerprint density at radius 2 is 2.05 bits per heavy atom. The molecule has 0 bridgehead atoms. The molecule has 2 atom stereocenters. The largest absolute Gasteiger partial charge is 0.497 e. The number of likely N-dealkylation sites (N-methyl/N-ethyl adjacent to an activating group) is 1. The van der Waals surface area contributed by atoms with Crippen molar-refractivity contribution >= 4 is 0 Å². The summed E-state index contributed by atoms with van der Waals surface area (Å²) in [7, 11) is 3.81. The van der Waals surface area contributed by atoms with Crippen LogP contribution in [0, 0.1) is 0 Å². The highest BCUT2D eigenvalue weighted by atomic mass is 16.5. The van der Waals surface area contributed by atoms with Crippen molar-refractivity contribution in [3.05, 3.63) is 29.8 Å². The molecule has 0 aliphatic rings. The second kappa shape index (κ2) is 9.77. The number of benzene rings is 1. The molecule has 1 aromatic carbocycles. The molecule has 4 heteroatoms. The summed E-state index contributed by atoms with van der Waals surface area (Å²) in [5.41, 5.74) is 7.55. The fourth-order valence-electron chi connectivity index (χ4n) is 2.67. The molecule has 0 radical (unpaired) electrons. The summed E-state index contributed by atoms with van der Waals surface area (Å²) in [5, 5.41) is 8.86. The zero-order chi connectivity index (χ0) is 15.7. The van der Waals surface area contributed by atoms with Gasteiger partial charge in [0.25, 0.3) is 0 Å². The van der Waals surface area contributed by atoms with Gasteiger partial charge in [0.1, 0.15) is 5.75 Å². The van der Waals surface area contributed by atoms with Crippen LogP contribution < -0.4 is 10.5 Å². The lowest BCUT2D eigenvalue weighted by Gasteiger charge is -2.33. The topological polar surface area (TPSA) is 58.7 Å². The molecule has 0 aliphatic carbocycles. The van der Waals surface area contributed by atoms with Gasteiger partial charge in [-0.3, -0.25) is 4.90 Å². The number of ether oxygens (including phenoxy) is 1. The second-order valence-electron chi connectivity index (χ2n) is 5.56. The first-order valence-corrected chi connectivity index (χ1v) is 7.84. The van der Waals surface area contributed by atoms with E-state index in [1.54, 1.807) is 7.11 Å². The number of nitrogens with zero attached hydrogens (tertiary/aromatic N) is 1. The zero-order valence-corrected chi connectivity index (χ0v) is 13.6. The monoisotopic (exact) mass is 294 g/mol. The molecule has 3 N–H and O–H groups in total. The van der Waals surface area contributed by atoms with Crippen LogP contribution in [-0.2, 0) is 0 Å². The minimum atomic E-state index is 0.0972. The SMILES string of the molecule is CCC(N)C(c1cccc(OC)c1)N(C)CCCCCO. The van der Waals surface area contributed by atoms with Gasteiger partial charge in [-0.15, -0.1) is 0 Å². The molecule has 0 fully saturated rings. The van der Waals surface area contributed by atoms with Gasteiger partial charge in [0.2, 0.25) is 0 Å². The maximum absolute atomic E-state index is 8.86. The number of nitrogens with two attached hydrogens (primary N) is 1. The van der Waals surface area contributed by atoms with E-state index in [0.717, 1.165) is 38.0 Å². The summed E-state index contributed by atoms with van der Waals surface area (Å²) in [6, 6.07) is 8.46. The van der Waals surface area contributed by atoms with Gasteiger partial charge in [0.05, 0.1) is 7.11 Å². The summed E-state index contributed by atoms with van der Waals surface area (Å²) in [4.78, 5) is 2.32. The standard InChI is InChI=1S/C17H30N2O2/c1-4-16(18)17(19(2)11-6-5-7-12-20)14-9-8-10-15(13-14)21-3/h8-10,13,16-17,20H,4-7,11-12,18H2,1-3H3. The van der Waals surface area contributed by atoms with Crippen LogP contribution in [0.3, 0.4) is 0 Å². The van der Waals surface area contributed by atoms with Crippen LogP contribution in [0.15, 0.2) is 24.3 Å². The van der Waals surface area contributed by atoms with E-state index in [4.69, 9.17) is 15.6 Å². The Balaban J connectivity index is 2.79. The number of rotatable bonds is 10. The first-order chi connectivity index (χ1) is 10.1. The van der Waals surface area contributed by atoms with Crippen molar-refractivity contribution in [2.45, 2.75) is 44.7 Å². The first kappa shape index (κ1) is 18.0. The van der Waals surface area contributed by atoms with Crippen LogP contribution >= 0.6 is 0 Å². The van der Waals surface area contributed by atoms with Crippen molar-refractivity contribution in [3.8, 4) is 5.75 Å². The van der Waals surface area contributed by atoms with Gasteiger partial charge in [-0.1, -0.05) is 19.1 Å². The molecule has 0 saturated carbocycles. The Kier molecular flexibility index (Phi) is 8.35. The average molecular weight is 294 g/mol. The minimum Gasteiger partial charge on any atom is -0.497 e. The summed E-state index contributed by atoms with van der Waals surface area (Å²) in [5.74, 6) is 0.870. The molecule has 4 nitrogen and oxygen atoms in total. The molecule has 0 heterocycles. The van der Waals surface area contributed by atoms with Gasteiger partial charge in [-0.25, -0.2) is 0 Å². The number of methoxy groups -OCH3 is 1. The molecule has 120 valence electrons. The lowest BCUT2D eigenvalue weighted by atomic mass is 9.96. The van der Waals surface area contributed by atoms with Crippen LogP contribution in [-0.4, -0.2) is 43.4 Å². The minimum absolute atomic E-state index is 0.0972. The predicted octanol–water partition coefficient (Wildman–Crippen LogP) is 2.57. The average Bonchev–Trinajstić information content (AvgIpc) is 2.51. The van der Waals surface area contributed by atoms with Gasteiger partial charge in [-0.05, 0) is 57.0 Å². The quantitative estimate of drug-likeness (QED) is 0.651. The summed E-state index contributed by atoms with van der Waals surface area (Å²) < 4.78 is 5.32. The van der Waals surface area contributed by atoms with Crippen LogP contribution in [0.4, 0.5) is 0 Å². The second-order valence-corrected chi connectivity index (χ2v) is 5.56.